The minimum absolute atomic E-state index is 0.234. The van der Waals surface area contributed by atoms with Crippen LogP contribution in [-0.2, 0) is 4.79 Å². The molecule has 1 aliphatic carbocycles. The van der Waals surface area contributed by atoms with Crippen molar-refractivity contribution in [3.63, 3.8) is 0 Å². The number of carbonyl (C=O) groups is 1. The average Bonchev–Trinajstić information content (AvgIpc) is 3.22. The minimum atomic E-state index is -0.599. The van der Waals surface area contributed by atoms with Gasteiger partial charge in [-0.3, -0.25) is 10.1 Å². The van der Waals surface area contributed by atoms with E-state index in [4.69, 9.17) is 5.73 Å². The number of nitrogens with one attached hydrogen (secondary N) is 1. The first-order valence-electron chi connectivity index (χ1n) is 7.95. The van der Waals surface area contributed by atoms with Gasteiger partial charge in [-0.1, -0.05) is 6.92 Å². The highest BCUT2D eigenvalue weighted by Crippen LogP contribution is 2.24. The Morgan fingerprint density at radius 3 is 2.40 bits per heavy atom. The van der Waals surface area contributed by atoms with Gasteiger partial charge in [0.2, 0.25) is 5.91 Å². The molecule has 1 saturated carbocycles. The molecule has 5 heteroatoms. The van der Waals surface area contributed by atoms with Gasteiger partial charge in [-0.15, -0.1) is 0 Å². The zero-order chi connectivity index (χ0) is 14.8. The largest absolute Gasteiger partial charge is 0.368 e. The number of nitrogens with zero attached hydrogens (tertiary/aromatic N) is 2. The molecule has 0 aromatic carbocycles. The lowest BCUT2D eigenvalue weighted by Gasteiger charge is -2.40. The van der Waals surface area contributed by atoms with Crippen LogP contribution in [0.15, 0.2) is 0 Å². The van der Waals surface area contributed by atoms with E-state index in [0.29, 0.717) is 18.6 Å². The lowest BCUT2D eigenvalue weighted by Crippen LogP contribution is -2.61. The lowest BCUT2D eigenvalue weighted by atomic mass is 9.97. The maximum Gasteiger partial charge on any atom is 0.238 e. The van der Waals surface area contributed by atoms with Crippen molar-refractivity contribution in [2.75, 3.05) is 33.2 Å². The molecule has 0 bridgehead atoms. The third-order valence-electron chi connectivity index (χ3n) is 4.84. The fourth-order valence-corrected chi connectivity index (χ4v) is 3.18. The van der Waals surface area contributed by atoms with Gasteiger partial charge in [-0.05, 0) is 59.3 Å². The predicted octanol–water partition coefficient (Wildman–Crippen LogP) is 0.399. The zero-order valence-electron chi connectivity index (χ0n) is 13.2. The minimum Gasteiger partial charge on any atom is -0.368 e. The van der Waals surface area contributed by atoms with Crippen LogP contribution in [0.2, 0.25) is 0 Å². The van der Waals surface area contributed by atoms with E-state index in [1.54, 1.807) is 0 Å². The molecular weight excluding hydrogens is 252 g/mol. The van der Waals surface area contributed by atoms with Crippen LogP contribution in [0.5, 0.6) is 0 Å². The molecule has 0 aromatic rings. The van der Waals surface area contributed by atoms with E-state index >= 15 is 0 Å². The Hall–Kier alpha value is -0.650. The van der Waals surface area contributed by atoms with Crippen LogP contribution in [0, 0.1) is 0 Å². The number of amides is 1. The Labute approximate surface area is 122 Å². The summed E-state index contributed by atoms with van der Waals surface area (Å²) >= 11 is 0. The molecule has 20 heavy (non-hydrogen) atoms. The SMILES string of the molecule is CCN1CCC(N(C)CC(C)(NC2CC2)C(N)=O)CC1. The Morgan fingerprint density at radius 2 is 1.95 bits per heavy atom. The van der Waals surface area contributed by atoms with E-state index in [-0.39, 0.29) is 5.91 Å². The molecular formula is C15H30N4O. The van der Waals surface area contributed by atoms with Gasteiger partial charge in [-0.25, -0.2) is 0 Å². The first-order chi connectivity index (χ1) is 9.44. The van der Waals surface area contributed by atoms with Gasteiger partial charge < -0.3 is 15.5 Å². The number of hydrogen-bond donors (Lipinski definition) is 2. The van der Waals surface area contributed by atoms with Crippen molar-refractivity contribution in [2.24, 2.45) is 5.73 Å². The number of rotatable bonds is 7. The van der Waals surface area contributed by atoms with Gasteiger partial charge in [0.05, 0.1) is 0 Å². The van der Waals surface area contributed by atoms with E-state index < -0.39 is 5.54 Å². The Balaban J connectivity index is 1.87. The molecule has 3 N–H and O–H groups in total. The first-order valence-corrected chi connectivity index (χ1v) is 7.95. The van der Waals surface area contributed by atoms with Crippen molar-refractivity contribution in [3.8, 4) is 0 Å². The highest BCUT2D eigenvalue weighted by molar-refractivity contribution is 5.84. The van der Waals surface area contributed by atoms with Crippen LogP contribution < -0.4 is 11.1 Å². The molecule has 1 heterocycles. The van der Waals surface area contributed by atoms with Crippen molar-refractivity contribution in [1.29, 1.82) is 0 Å². The summed E-state index contributed by atoms with van der Waals surface area (Å²) < 4.78 is 0. The highest BCUT2D eigenvalue weighted by Gasteiger charge is 2.39. The molecule has 1 amide bonds. The third kappa shape index (κ3) is 3.93. The van der Waals surface area contributed by atoms with Crippen LogP contribution in [-0.4, -0.2) is 66.6 Å². The van der Waals surface area contributed by atoms with Crippen LogP contribution in [0.1, 0.15) is 39.5 Å². The normalized spacial score (nSPS) is 24.8. The summed E-state index contributed by atoms with van der Waals surface area (Å²) in [5, 5.41) is 3.43. The number of hydrogen-bond acceptors (Lipinski definition) is 4. The lowest BCUT2D eigenvalue weighted by molar-refractivity contribution is -0.124. The molecule has 1 atom stereocenters. The van der Waals surface area contributed by atoms with E-state index in [1.807, 2.05) is 6.92 Å². The number of primary amides is 1. The summed E-state index contributed by atoms with van der Waals surface area (Å²) in [6.45, 7) is 8.33. The molecule has 0 spiro atoms. The van der Waals surface area contributed by atoms with Crippen molar-refractivity contribution >= 4 is 5.91 Å². The predicted molar refractivity (Wildman–Crippen MR) is 81.5 cm³/mol. The van der Waals surface area contributed by atoms with E-state index in [2.05, 4.69) is 29.1 Å². The standard InChI is InChI=1S/C15H30N4O/c1-4-19-9-7-13(8-10-19)18(3)11-15(2,14(16)20)17-12-5-6-12/h12-13,17H,4-11H2,1-3H3,(H2,16,20). The van der Waals surface area contributed by atoms with Crippen molar-refractivity contribution in [3.05, 3.63) is 0 Å². The molecule has 2 aliphatic rings. The number of piperidine rings is 1. The van der Waals surface area contributed by atoms with Gasteiger partial charge >= 0.3 is 0 Å². The summed E-state index contributed by atoms with van der Waals surface area (Å²) in [5.74, 6) is -0.234. The second kappa shape index (κ2) is 6.41. The van der Waals surface area contributed by atoms with E-state index in [0.717, 1.165) is 19.6 Å². The van der Waals surface area contributed by atoms with Crippen LogP contribution in [0.25, 0.3) is 0 Å². The van der Waals surface area contributed by atoms with Gasteiger partial charge in [-0.2, -0.15) is 0 Å². The summed E-state index contributed by atoms with van der Waals surface area (Å²) in [4.78, 5) is 16.6. The van der Waals surface area contributed by atoms with Crippen molar-refractivity contribution < 1.29 is 4.79 Å². The maximum absolute atomic E-state index is 11.8. The fourth-order valence-electron chi connectivity index (χ4n) is 3.18. The first kappa shape index (κ1) is 15.7. The third-order valence-corrected chi connectivity index (χ3v) is 4.84. The second-order valence-corrected chi connectivity index (χ2v) is 6.70. The maximum atomic E-state index is 11.8. The quantitative estimate of drug-likeness (QED) is 0.709. The summed E-state index contributed by atoms with van der Waals surface area (Å²) in [6, 6.07) is 1.06. The Morgan fingerprint density at radius 1 is 1.35 bits per heavy atom. The molecule has 5 nitrogen and oxygen atoms in total. The van der Waals surface area contributed by atoms with Crippen LogP contribution in [0.4, 0.5) is 0 Å². The number of likely N-dealkylation sites (tertiary alicyclic amines) is 1. The molecule has 116 valence electrons. The number of likely N-dealkylation sites (N-methyl/N-ethyl adjacent to an activating group) is 1. The summed E-state index contributed by atoms with van der Waals surface area (Å²) in [7, 11) is 2.13. The number of nitrogens with two attached hydrogens (primary N) is 1. The molecule has 1 aliphatic heterocycles. The molecule has 2 fully saturated rings. The summed E-state index contributed by atoms with van der Waals surface area (Å²) in [6.07, 6.45) is 4.70. The Bertz CT molecular complexity index is 337. The summed E-state index contributed by atoms with van der Waals surface area (Å²) in [5.41, 5.74) is 5.03. The number of carbonyl (C=O) groups excluding carboxylic acids is 1. The van der Waals surface area contributed by atoms with Crippen LogP contribution >= 0.6 is 0 Å². The second-order valence-electron chi connectivity index (χ2n) is 6.70. The van der Waals surface area contributed by atoms with E-state index in [9.17, 15) is 4.79 Å². The van der Waals surface area contributed by atoms with Gasteiger partial charge in [0.1, 0.15) is 5.54 Å². The Kier molecular flexibility index (Phi) is 5.04. The van der Waals surface area contributed by atoms with E-state index in [1.165, 1.54) is 25.7 Å². The average molecular weight is 282 g/mol. The molecule has 1 saturated heterocycles. The molecule has 1 unspecified atom stereocenters. The van der Waals surface area contributed by atoms with Crippen LogP contribution in [0.3, 0.4) is 0 Å². The molecule has 2 rings (SSSR count). The van der Waals surface area contributed by atoms with Crippen molar-refractivity contribution in [2.45, 2.75) is 57.2 Å². The molecule has 0 aromatic heterocycles. The van der Waals surface area contributed by atoms with Gasteiger partial charge in [0, 0.05) is 18.6 Å². The van der Waals surface area contributed by atoms with Crippen molar-refractivity contribution in [1.82, 2.24) is 15.1 Å². The fraction of sp³-hybridized carbons (Fsp3) is 0.933. The van der Waals surface area contributed by atoms with Gasteiger partial charge in [0.15, 0.2) is 0 Å². The highest BCUT2D eigenvalue weighted by atomic mass is 16.1. The van der Waals surface area contributed by atoms with Gasteiger partial charge in [0.25, 0.3) is 0 Å². The topological polar surface area (TPSA) is 61.6 Å². The smallest absolute Gasteiger partial charge is 0.238 e. The zero-order valence-corrected chi connectivity index (χ0v) is 13.2. The molecule has 0 radical (unpaired) electrons. The monoisotopic (exact) mass is 282 g/mol.